The van der Waals surface area contributed by atoms with Crippen molar-refractivity contribution in [1.82, 2.24) is 20.4 Å². The molecule has 0 aliphatic carbocycles. The Morgan fingerprint density at radius 3 is 2.75 bits per heavy atom. The maximum Gasteiger partial charge on any atom is 0.241 e. The van der Waals surface area contributed by atoms with Crippen LogP contribution in [0.1, 0.15) is 29.9 Å². The van der Waals surface area contributed by atoms with E-state index in [0.29, 0.717) is 24.8 Å². The summed E-state index contributed by atoms with van der Waals surface area (Å²) >= 11 is 1.60. The van der Waals surface area contributed by atoms with E-state index in [1.807, 2.05) is 17.5 Å². The van der Waals surface area contributed by atoms with Crippen molar-refractivity contribution in [3.05, 3.63) is 58.8 Å². The molecule has 1 amide bonds. The van der Waals surface area contributed by atoms with E-state index < -0.39 is 0 Å². The second kappa shape index (κ2) is 8.67. The lowest BCUT2D eigenvalue weighted by molar-refractivity contribution is -0.126. The van der Waals surface area contributed by atoms with Gasteiger partial charge >= 0.3 is 0 Å². The van der Waals surface area contributed by atoms with E-state index in [9.17, 15) is 4.79 Å². The van der Waals surface area contributed by atoms with E-state index in [4.69, 9.17) is 4.52 Å². The monoisotopic (exact) mass is 396 g/mol. The van der Waals surface area contributed by atoms with Gasteiger partial charge in [-0.2, -0.15) is 4.98 Å². The Kier molecular flexibility index (Phi) is 5.83. The van der Waals surface area contributed by atoms with E-state index >= 15 is 0 Å². The number of likely N-dealkylation sites (tertiary alicyclic amines) is 1. The molecular formula is C21H24N4O2S. The maximum atomic E-state index is 12.5. The molecule has 0 radical (unpaired) electrons. The summed E-state index contributed by atoms with van der Waals surface area (Å²) in [7, 11) is 0. The molecule has 1 fully saturated rings. The van der Waals surface area contributed by atoms with Gasteiger partial charge in [0, 0.05) is 12.5 Å². The maximum absolute atomic E-state index is 12.5. The van der Waals surface area contributed by atoms with Gasteiger partial charge in [0.15, 0.2) is 0 Å². The number of benzene rings is 1. The van der Waals surface area contributed by atoms with Crippen LogP contribution in [0.2, 0.25) is 0 Å². The molecule has 6 nitrogen and oxygen atoms in total. The fraction of sp³-hybridized carbons (Fsp3) is 0.381. The third-order valence-corrected chi connectivity index (χ3v) is 5.98. The molecule has 1 saturated heterocycles. The van der Waals surface area contributed by atoms with E-state index in [1.165, 1.54) is 5.56 Å². The fourth-order valence-corrected chi connectivity index (χ4v) is 4.06. The first-order valence-corrected chi connectivity index (χ1v) is 10.5. The SMILES string of the molecule is Cc1ccc(CNC(=O)C2CCN(Cc3nc(-c4cccs4)no3)CC2)cc1. The van der Waals surface area contributed by atoms with Crippen LogP contribution >= 0.6 is 11.3 Å². The molecule has 1 N–H and O–H groups in total. The van der Waals surface area contributed by atoms with Crippen LogP contribution in [0.5, 0.6) is 0 Å². The quantitative estimate of drug-likeness (QED) is 0.689. The molecule has 28 heavy (non-hydrogen) atoms. The van der Waals surface area contributed by atoms with Gasteiger partial charge in [0.25, 0.3) is 0 Å². The van der Waals surface area contributed by atoms with Crippen LogP contribution in [0.4, 0.5) is 0 Å². The highest BCUT2D eigenvalue weighted by Gasteiger charge is 2.25. The Bertz CT molecular complexity index is 897. The Balaban J connectivity index is 1.23. The Morgan fingerprint density at radius 1 is 1.25 bits per heavy atom. The molecule has 0 saturated carbocycles. The predicted molar refractivity (Wildman–Crippen MR) is 109 cm³/mol. The first kappa shape index (κ1) is 18.8. The summed E-state index contributed by atoms with van der Waals surface area (Å²) in [5.41, 5.74) is 2.36. The molecule has 0 atom stereocenters. The number of aromatic nitrogens is 2. The number of nitrogens with one attached hydrogen (secondary N) is 1. The number of hydrogen-bond donors (Lipinski definition) is 1. The molecule has 3 aromatic rings. The highest BCUT2D eigenvalue weighted by atomic mass is 32.1. The normalized spacial score (nSPS) is 15.6. The van der Waals surface area contributed by atoms with Gasteiger partial charge in [0.2, 0.25) is 17.6 Å². The average Bonchev–Trinajstić information content (AvgIpc) is 3.40. The molecule has 1 aliphatic heterocycles. The second-order valence-electron chi connectivity index (χ2n) is 7.24. The second-order valence-corrected chi connectivity index (χ2v) is 8.19. The van der Waals surface area contributed by atoms with Crippen LogP contribution in [0.15, 0.2) is 46.3 Å². The predicted octanol–water partition coefficient (Wildman–Crippen LogP) is 3.63. The zero-order valence-electron chi connectivity index (χ0n) is 15.9. The molecular weight excluding hydrogens is 372 g/mol. The zero-order chi connectivity index (χ0) is 19.3. The highest BCUT2D eigenvalue weighted by Crippen LogP contribution is 2.23. The topological polar surface area (TPSA) is 71.3 Å². The fourth-order valence-electron chi connectivity index (χ4n) is 3.41. The molecule has 1 aromatic carbocycles. The number of piperidine rings is 1. The Labute approximate surface area is 168 Å². The molecule has 4 rings (SSSR count). The van der Waals surface area contributed by atoms with Crippen LogP contribution < -0.4 is 5.32 Å². The first-order chi connectivity index (χ1) is 13.7. The van der Waals surface area contributed by atoms with Crippen LogP contribution in [-0.2, 0) is 17.9 Å². The van der Waals surface area contributed by atoms with E-state index in [-0.39, 0.29) is 11.8 Å². The van der Waals surface area contributed by atoms with Gasteiger partial charge < -0.3 is 9.84 Å². The number of rotatable bonds is 6. The summed E-state index contributed by atoms with van der Waals surface area (Å²) in [6.07, 6.45) is 1.71. The zero-order valence-corrected chi connectivity index (χ0v) is 16.7. The highest BCUT2D eigenvalue weighted by molar-refractivity contribution is 7.13. The minimum atomic E-state index is 0.0751. The van der Waals surface area contributed by atoms with Crippen LogP contribution in [0, 0.1) is 12.8 Å². The van der Waals surface area contributed by atoms with Crippen LogP contribution in [-0.4, -0.2) is 34.0 Å². The van der Waals surface area contributed by atoms with Crippen molar-refractivity contribution in [1.29, 1.82) is 0 Å². The van der Waals surface area contributed by atoms with Crippen LogP contribution in [0.3, 0.4) is 0 Å². The van der Waals surface area contributed by atoms with Gasteiger partial charge in [-0.05, 0) is 49.9 Å². The van der Waals surface area contributed by atoms with Crippen molar-refractivity contribution in [3.63, 3.8) is 0 Å². The summed E-state index contributed by atoms with van der Waals surface area (Å²) in [6, 6.07) is 12.2. The summed E-state index contributed by atoms with van der Waals surface area (Å²) in [6.45, 7) is 5.01. The first-order valence-electron chi connectivity index (χ1n) is 9.59. The van der Waals surface area contributed by atoms with E-state index in [0.717, 1.165) is 36.4 Å². The van der Waals surface area contributed by atoms with E-state index in [2.05, 4.69) is 51.5 Å². The van der Waals surface area contributed by atoms with Crippen molar-refractivity contribution in [3.8, 4) is 10.7 Å². The largest absolute Gasteiger partial charge is 0.352 e. The lowest BCUT2D eigenvalue weighted by Crippen LogP contribution is -2.40. The molecule has 0 spiro atoms. The molecule has 0 unspecified atom stereocenters. The van der Waals surface area contributed by atoms with Crippen molar-refractivity contribution in [2.75, 3.05) is 13.1 Å². The summed E-state index contributed by atoms with van der Waals surface area (Å²) in [5.74, 6) is 1.50. The smallest absolute Gasteiger partial charge is 0.241 e. The van der Waals surface area contributed by atoms with Gasteiger partial charge in [-0.1, -0.05) is 41.1 Å². The van der Waals surface area contributed by atoms with Gasteiger partial charge in [-0.25, -0.2) is 0 Å². The molecule has 2 aromatic heterocycles. The number of hydrogen-bond acceptors (Lipinski definition) is 6. The standard InChI is InChI=1S/C21H24N4O2S/c1-15-4-6-16(7-5-15)13-22-21(26)17-8-10-25(11-9-17)14-19-23-20(24-27-19)18-3-2-12-28-18/h2-7,12,17H,8-11,13-14H2,1H3,(H,22,26). The van der Waals surface area contributed by atoms with Gasteiger partial charge in [0.1, 0.15) is 0 Å². The van der Waals surface area contributed by atoms with E-state index in [1.54, 1.807) is 11.3 Å². The van der Waals surface area contributed by atoms with Crippen LogP contribution in [0.25, 0.3) is 10.7 Å². The van der Waals surface area contributed by atoms with Gasteiger partial charge in [-0.15, -0.1) is 11.3 Å². The number of carbonyl (C=O) groups is 1. The van der Waals surface area contributed by atoms with Crippen molar-refractivity contribution < 1.29 is 9.32 Å². The lowest BCUT2D eigenvalue weighted by Gasteiger charge is -2.30. The lowest BCUT2D eigenvalue weighted by atomic mass is 9.96. The number of aryl methyl sites for hydroxylation is 1. The van der Waals surface area contributed by atoms with Gasteiger partial charge in [-0.3, -0.25) is 9.69 Å². The summed E-state index contributed by atoms with van der Waals surface area (Å²) in [4.78, 5) is 20.2. The average molecular weight is 397 g/mol. The molecule has 1 aliphatic rings. The summed E-state index contributed by atoms with van der Waals surface area (Å²) < 4.78 is 5.39. The number of carbonyl (C=O) groups excluding carboxylic acids is 1. The van der Waals surface area contributed by atoms with Gasteiger partial charge in [0.05, 0.1) is 11.4 Å². The number of thiophene rings is 1. The minimum absolute atomic E-state index is 0.0751. The number of amides is 1. The Morgan fingerprint density at radius 2 is 2.04 bits per heavy atom. The van der Waals surface area contributed by atoms with Crippen molar-refractivity contribution in [2.24, 2.45) is 5.92 Å². The third kappa shape index (κ3) is 4.66. The van der Waals surface area contributed by atoms with Crippen molar-refractivity contribution >= 4 is 17.2 Å². The molecule has 7 heteroatoms. The number of nitrogens with zero attached hydrogens (tertiary/aromatic N) is 3. The van der Waals surface area contributed by atoms with Crippen molar-refractivity contribution in [2.45, 2.75) is 32.9 Å². The summed E-state index contributed by atoms with van der Waals surface area (Å²) in [5, 5.41) is 9.13. The third-order valence-electron chi connectivity index (χ3n) is 5.11. The minimum Gasteiger partial charge on any atom is -0.352 e. The molecule has 146 valence electrons. The molecule has 3 heterocycles. The molecule has 0 bridgehead atoms. The Hall–Kier alpha value is -2.51.